The maximum absolute atomic E-state index is 13.3. The largest absolute Gasteiger partial charge is 0.443 e. The topological polar surface area (TPSA) is 71.4 Å². The normalized spacial score (nSPS) is 23.1. The summed E-state index contributed by atoms with van der Waals surface area (Å²) in [6.07, 6.45) is 7.94. The van der Waals surface area contributed by atoms with Gasteiger partial charge >= 0.3 is 0 Å². The van der Waals surface area contributed by atoms with Crippen LogP contribution >= 0.6 is 0 Å². The van der Waals surface area contributed by atoms with E-state index in [2.05, 4.69) is 6.07 Å². The number of fused-ring (bicyclic) bond motifs is 1. The van der Waals surface area contributed by atoms with Gasteiger partial charge in [0.05, 0.1) is 18.8 Å². The van der Waals surface area contributed by atoms with Crippen LogP contribution in [-0.2, 0) is 4.74 Å². The molecule has 0 radical (unpaired) electrons. The fourth-order valence-electron chi connectivity index (χ4n) is 4.04. The zero-order valence-electron chi connectivity index (χ0n) is 14.3. The molecule has 25 heavy (non-hydrogen) atoms. The molecule has 2 aromatic rings. The summed E-state index contributed by atoms with van der Waals surface area (Å²) < 4.78 is 13.4. The Hall–Kier alpha value is -2.52. The van der Waals surface area contributed by atoms with Gasteiger partial charge in [-0.25, -0.2) is 0 Å². The lowest BCUT2D eigenvalue weighted by Crippen LogP contribution is -2.55. The Morgan fingerprint density at radius 2 is 2.04 bits per heavy atom. The highest BCUT2D eigenvalue weighted by molar-refractivity contribution is 5.99. The zero-order chi connectivity index (χ0) is 17.4. The summed E-state index contributed by atoms with van der Waals surface area (Å²) >= 11 is 0. The third kappa shape index (κ3) is 2.65. The number of aryl methyl sites for hydroxylation is 1. The van der Waals surface area contributed by atoms with Crippen molar-refractivity contribution in [2.45, 2.75) is 44.8 Å². The van der Waals surface area contributed by atoms with Gasteiger partial charge in [0.1, 0.15) is 23.0 Å². The summed E-state index contributed by atoms with van der Waals surface area (Å²) in [5.74, 6) is 0.780. The smallest absolute Gasteiger partial charge is 0.259 e. The van der Waals surface area contributed by atoms with Gasteiger partial charge in [0, 0.05) is 18.9 Å². The van der Waals surface area contributed by atoms with Crippen molar-refractivity contribution in [3.63, 3.8) is 0 Å². The number of rotatable bonds is 2. The van der Waals surface area contributed by atoms with Gasteiger partial charge in [0.15, 0.2) is 0 Å². The molecular weight excluding hydrogens is 318 g/mol. The van der Waals surface area contributed by atoms with Crippen LogP contribution in [0.5, 0.6) is 0 Å². The van der Waals surface area contributed by atoms with E-state index in [0.717, 1.165) is 25.7 Å². The lowest BCUT2D eigenvalue weighted by molar-refractivity contribution is -0.0753. The van der Waals surface area contributed by atoms with Gasteiger partial charge in [0.25, 0.3) is 5.91 Å². The van der Waals surface area contributed by atoms with E-state index in [9.17, 15) is 10.1 Å². The fraction of sp³-hybridized carbons (Fsp3) is 0.474. The van der Waals surface area contributed by atoms with Crippen LogP contribution in [0, 0.1) is 18.3 Å². The van der Waals surface area contributed by atoms with Gasteiger partial charge in [-0.2, -0.15) is 5.26 Å². The molecule has 4 rings (SSSR count). The van der Waals surface area contributed by atoms with Crippen molar-refractivity contribution >= 4 is 5.91 Å². The van der Waals surface area contributed by atoms with E-state index in [0.29, 0.717) is 35.9 Å². The molecule has 0 unspecified atom stereocenters. The van der Waals surface area contributed by atoms with Gasteiger partial charge in [-0.15, -0.1) is 0 Å². The molecule has 1 aliphatic heterocycles. The van der Waals surface area contributed by atoms with E-state index in [4.69, 9.17) is 9.15 Å². The van der Waals surface area contributed by atoms with Gasteiger partial charge in [-0.3, -0.25) is 9.36 Å². The number of morpholine rings is 1. The predicted molar refractivity (Wildman–Crippen MR) is 90.5 cm³/mol. The summed E-state index contributed by atoms with van der Waals surface area (Å²) in [4.78, 5) is 15.2. The maximum atomic E-state index is 13.3. The summed E-state index contributed by atoms with van der Waals surface area (Å²) in [7, 11) is 0. The van der Waals surface area contributed by atoms with Gasteiger partial charge in [0.2, 0.25) is 5.88 Å². The highest BCUT2D eigenvalue weighted by Crippen LogP contribution is 2.32. The number of aromatic nitrogens is 1. The first kappa shape index (κ1) is 16.0. The summed E-state index contributed by atoms with van der Waals surface area (Å²) in [6, 6.07) is 5.99. The van der Waals surface area contributed by atoms with E-state index >= 15 is 0 Å². The van der Waals surface area contributed by atoms with Crippen LogP contribution in [0.15, 0.2) is 28.9 Å². The molecule has 2 atom stereocenters. The number of amides is 1. The Morgan fingerprint density at radius 1 is 1.28 bits per heavy atom. The van der Waals surface area contributed by atoms with Crippen molar-refractivity contribution in [2.24, 2.45) is 0 Å². The first-order valence-electron chi connectivity index (χ1n) is 8.80. The van der Waals surface area contributed by atoms with Crippen LogP contribution < -0.4 is 0 Å². The second-order valence-corrected chi connectivity index (χ2v) is 6.68. The van der Waals surface area contributed by atoms with Crippen LogP contribution in [0.25, 0.3) is 5.88 Å². The van der Waals surface area contributed by atoms with Crippen molar-refractivity contribution in [2.75, 3.05) is 13.2 Å². The molecule has 0 aromatic carbocycles. The monoisotopic (exact) mass is 339 g/mol. The molecule has 2 aliphatic rings. The lowest BCUT2D eigenvalue weighted by Gasteiger charge is -2.43. The molecule has 6 heteroatoms. The minimum atomic E-state index is -0.114. The molecule has 3 heterocycles. The molecule has 1 saturated heterocycles. The molecule has 0 spiro atoms. The second kappa shape index (κ2) is 6.41. The van der Waals surface area contributed by atoms with E-state index < -0.39 is 0 Å². The molecule has 0 N–H and O–H groups in total. The van der Waals surface area contributed by atoms with Crippen LogP contribution in [-0.4, -0.2) is 40.7 Å². The lowest BCUT2D eigenvalue weighted by atomic mass is 9.89. The summed E-state index contributed by atoms with van der Waals surface area (Å²) in [5.41, 5.74) is 0.690. The number of nitriles is 1. The minimum Gasteiger partial charge on any atom is -0.443 e. The fourth-order valence-corrected chi connectivity index (χ4v) is 4.04. The Balaban J connectivity index is 1.72. The average molecular weight is 339 g/mol. The van der Waals surface area contributed by atoms with Crippen molar-refractivity contribution in [1.82, 2.24) is 9.47 Å². The molecule has 1 saturated carbocycles. The SMILES string of the molecule is Cc1oc(-n2cccc2)c(C#N)c1C(=O)N1CCO[C@@H]2CCCC[C@H]21. The Morgan fingerprint density at radius 3 is 2.80 bits per heavy atom. The molecule has 130 valence electrons. The van der Waals surface area contributed by atoms with E-state index in [1.165, 1.54) is 0 Å². The van der Waals surface area contributed by atoms with Crippen LogP contribution in [0.4, 0.5) is 0 Å². The maximum Gasteiger partial charge on any atom is 0.259 e. The number of carbonyl (C=O) groups excluding carboxylic acids is 1. The van der Waals surface area contributed by atoms with Crippen LogP contribution in [0.1, 0.15) is 47.4 Å². The second-order valence-electron chi connectivity index (χ2n) is 6.68. The van der Waals surface area contributed by atoms with E-state index in [1.807, 2.05) is 17.0 Å². The summed E-state index contributed by atoms with van der Waals surface area (Å²) in [5, 5.41) is 9.67. The highest BCUT2D eigenvalue weighted by Gasteiger charge is 2.39. The molecule has 2 fully saturated rings. The Kier molecular flexibility index (Phi) is 4.10. The molecule has 2 aromatic heterocycles. The van der Waals surface area contributed by atoms with Crippen molar-refractivity contribution < 1.29 is 13.9 Å². The number of carbonyl (C=O) groups is 1. The molecule has 0 bridgehead atoms. The van der Waals surface area contributed by atoms with Gasteiger partial charge in [-0.1, -0.05) is 12.8 Å². The van der Waals surface area contributed by atoms with E-state index in [-0.39, 0.29) is 18.1 Å². The standard InChI is InChI=1S/C19H21N3O3/c1-13-17(14(12-20)19(25-13)21-8-4-5-9-21)18(23)22-10-11-24-16-7-3-2-6-15(16)22/h4-5,8-9,15-16H,2-3,6-7,10-11H2,1H3/t15-,16-/m1/s1. The van der Waals surface area contributed by atoms with Crippen molar-refractivity contribution in [1.29, 1.82) is 5.26 Å². The molecule has 6 nitrogen and oxygen atoms in total. The highest BCUT2D eigenvalue weighted by atomic mass is 16.5. The summed E-state index contributed by atoms with van der Waals surface area (Å²) in [6.45, 7) is 2.87. The Labute approximate surface area is 146 Å². The first-order valence-corrected chi connectivity index (χ1v) is 8.80. The third-order valence-corrected chi connectivity index (χ3v) is 5.22. The zero-order valence-corrected chi connectivity index (χ0v) is 14.3. The number of ether oxygens (including phenoxy) is 1. The molecular formula is C19H21N3O3. The van der Waals surface area contributed by atoms with Crippen molar-refractivity contribution in [3.05, 3.63) is 41.4 Å². The van der Waals surface area contributed by atoms with E-state index in [1.54, 1.807) is 23.9 Å². The van der Waals surface area contributed by atoms with Gasteiger partial charge < -0.3 is 14.1 Å². The average Bonchev–Trinajstić information content (AvgIpc) is 3.28. The molecule has 1 amide bonds. The number of furan rings is 1. The van der Waals surface area contributed by atoms with Gasteiger partial charge in [-0.05, 0) is 31.9 Å². The van der Waals surface area contributed by atoms with Crippen LogP contribution in [0.2, 0.25) is 0 Å². The number of nitrogens with zero attached hydrogens (tertiary/aromatic N) is 3. The number of hydrogen-bond acceptors (Lipinski definition) is 4. The Bertz CT molecular complexity index is 814. The third-order valence-electron chi connectivity index (χ3n) is 5.22. The first-order chi connectivity index (χ1) is 12.2. The quantitative estimate of drug-likeness (QED) is 0.843. The number of hydrogen-bond donors (Lipinski definition) is 0. The predicted octanol–water partition coefficient (Wildman–Crippen LogP) is 3.03. The molecule has 1 aliphatic carbocycles. The van der Waals surface area contributed by atoms with Crippen molar-refractivity contribution in [3.8, 4) is 12.0 Å². The van der Waals surface area contributed by atoms with Crippen LogP contribution in [0.3, 0.4) is 0 Å². The minimum absolute atomic E-state index is 0.103.